The van der Waals surface area contributed by atoms with Gasteiger partial charge >= 0.3 is 0 Å². The summed E-state index contributed by atoms with van der Waals surface area (Å²) in [6, 6.07) is 13.5. The molecule has 2 amide bonds. The van der Waals surface area contributed by atoms with Gasteiger partial charge in [-0.05, 0) is 107 Å². The first-order chi connectivity index (χ1) is 23.3. The quantitative estimate of drug-likeness (QED) is 0.119. The van der Waals surface area contributed by atoms with Crippen LogP contribution in [0.2, 0.25) is 0 Å². The highest BCUT2D eigenvalue weighted by molar-refractivity contribution is 7.94. The van der Waals surface area contributed by atoms with Gasteiger partial charge in [0.2, 0.25) is 0 Å². The molecule has 2 aromatic carbocycles. The minimum atomic E-state index is -3.93. The van der Waals surface area contributed by atoms with E-state index in [2.05, 4.69) is 13.8 Å². The van der Waals surface area contributed by atoms with Crippen LogP contribution < -0.4 is 11.0 Å². The SMILES string of the molecule is CCCCCc1ccc(S(=O)(=O)C2(C(=O)NO)CCN(C)CC2)cc1.CCCCCc1ccc(S(=O)(=O)C2(C(=O)NO)CCOCC2)cc1.[HH].[HH]. The van der Waals surface area contributed by atoms with Crippen LogP contribution in [0.3, 0.4) is 0 Å². The molecule has 12 nitrogen and oxygen atoms in total. The molecule has 0 aliphatic carbocycles. The lowest BCUT2D eigenvalue weighted by atomic mass is 9.95. The zero-order chi connectivity index (χ0) is 36.1. The predicted octanol–water partition coefficient (Wildman–Crippen LogP) is 4.90. The molecular formula is C35H57N3O9S2. The number of unbranched alkanes of at least 4 members (excludes halogenated alkanes) is 4. The zero-order valence-electron chi connectivity index (χ0n) is 28.9. The number of hydroxylamine groups is 2. The number of nitrogens with zero attached hydrogens (tertiary/aromatic N) is 1. The molecule has 2 fully saturated rings. The normalized spacial score (nSPS) is 17.7. The molecule has 278 valence electrons. The Bertz CT molecular complexity index is 1580. The minimum absolute atomic E-state index is 0. The Labute approximate surface area is 294 Å². The summed E-state index contributed by atoms with van der Waals surface area (Å²) in [7, 11) is -5.94. The Hall–Kier alpha value is -2.88. The number of likely N-dealkylation sites (tertiary alicyclic amines) is 1. The Morgan fingerprint density at radius 2 is 1.06 bits per heavy atom. The number of sulfone groups is 2. The van der Waals surface area contributed by atoms with Crippen LogP contribution in [0.5, 0.6) is 0 Å². The molecular weight excluding hydrogens is 671 g/mol. The third kappa shape index (κ3) is 9.27. The van der Waals surface area contributed by atoms with E-state index in [1.54, 1.807) is 41.9 Å². The molecule has 0 radical (unpaired) electrons. The van der Waals surface area contributed by atoms with Gasteiger partial charge in [0.15, 0.2) is 29.2 Å². The maximum atomic E-state index is 13.2. The second kappa shape index (κ2) is 18.4. The molecule has 2 heterocycles. The van der Waals surface area contributed by atoms with E-state index >= 15 is 0 Å². The monoisotopic (exact) mass is 727 g/mol. The van der Waals surface area contributed by atoms with Gasteiger partial charge in [-0.15, -0.1) is 0 Å². The van der Waals surface area contributed by atoms with Gasteiger partial charge in [0.1, 0.15) is 0 Å². The van der Waals surface area contributed by atoms with Crippen molar-refractivity contribution in [1.29, 1.82) is 0 Å². The lowest BCUT2D eigenvalue weighted by molar-refractivity contribution is -0.134. The van der Waals surface area contributed by atoms with Crippen LogP contribution in [-0.4, -0.2) is 86.8 Å². The number of benzene rings is 2. The Kier molecular flexibility index (Phi) is 15.2. The number of hydrogen-bond donors (Lipinski definition) is 4. The van der Waals surface area contributed by atoms with E-state index in [1.165, 1.54) is 5.48 Å². The summed E-state index contributed by atoms with van der Waals surface area (Å²) < 4.78 is 54.4. The number of ether oxygens (including phenoxy) is 1. The van der Waals surface area contributed by atoms with E-state index in [1.807, 2.05) is 24.1 Å². The molecule has 2 aromatic rings. The van der Waals surface area contributed by atoms with E-state index in [0.717, 1.165) is 62.5 Å². The number of amides is 2. The first-order valence-electron chi connectivity index (χ1n) is 17.2. The lowest BCUT2D eigenvalue weighted by Crippen LogP contribution is -2.57. The molecule has 2 saturated heterocycles. The van der Waals surface area contributed by atoms with Crippen molar-refractivity contribution in [3.8, 4) is 0 Å². The van der Waals surface area contributed by atoms with E-state index < -0.39 is 41.0 Å². The van der Waals surface area contributed by atoms with Crippen LogP contribution in [0.25, 0.3) is 0 Å². The molecule has 0 atom stereocenters. The third-order valence-electron chi connectivity index (χ3n) is 9.76. The van der Waals surface area contributed by atoms with Crippen molar-refractivity contribution in [2.75, 3.05) is 33.4 Å². The van der Waals surface area contributed by atoms with Gasteiger partial charge in [0.05, 0.1) is 9.79 Å². The molecule has 4 N–H and O–H groups in total. The van der Waals surface area contributed by atoms with Gasteiger partial charge in [-0.25, -0.2) is 27.8 Å². The molecule has 0 unspecified atom stereocenters. The van der Waals surface area contributed by atoms with E-state index in [4.69, 9.17) is 15.2 Å². The first kappa shape index (κ1) is 40.5. The third-order valence-corrected chi connectivity index (χ3v) is 14.8. The Balaban J connectivity index is 0.000000491. The summed E-state index contributed by atoms with van der Waals surface area (Å²) in [6.45, 7) is 5.59. The molecule has 14 heteroatoms. The maximum Gasteiger partial charge on any atom is 0.265 e. The largest absolute Gasteiger partial charge is 0.381 e. The number of aryl methyl sites for hydroxylation is 2. The van der Waals surface area contributed by atoms with E-state index in [9.17, 15) is 26.4 Å². The standard InChI is InChI=1S/C18H28N2O4S.C17H25NO5S.2H2/c1-3-4-5-6-15-7-9-16(10-8-15)25(23,24)18(17(21)19-22)11-13-20(2)14-12-18;1-2-3-4-5-14-6-8-15(9-7-14)24(21,22)17(16(19)18-20)10-12-23-13-11-17;;/h7-10,22H,3-6,11-14H2,1-2H3,(H,19,21);6-9,20H,2-5,10-13H2,1H3,(H,18,19);2*1H. The van der Waals surface area contributed by atoms with Crippen LogP contribution in [0.1, 0.15) is 92.0 Å². The average Bonchev–Trinajstić information content (AvgIpc) is 3.12. The fraction of sp³-hybridized carbons (Fsp3) is 0.600. The van der Waals surface area contributed by atoms with Gasteiger partial charge in [-0.3, -0.25) is 20.0 Å². The molecule has 0 bridgehead atoms. The number of nitrogens with one attached hydrogen (secondary N) is 2. The Morgan fingerprint density at radius 1 is 0.694 bits per heavy atom. The summed E-state index contributed by atoms with van der Waals surface area (Å²) >= 11 is 0. The van der Waals surface area contributed by atoms with Crippen molar-refractivity contribution in [2.45, 2.75) is 110 Å². The maximum absolute atomic E-state index is 13.2. The van der Waals surface area contributed by atoms with Crippen LogP contribution in [-0.2, 0) is 46.8 Å². The van der Waals surface area contributed by atoms with E-state index in [0.29, 0.717) is 13.1 Å². The smallest absolute Gasteiger partial charge is 0.265 e. The van der Waals surface area contributed by atoms with Crippen molar-refractivity contribution in [2.24, 2.45) is 0 Å². The zero-order valence-corrected chi connectivity index (χ0v) is 30.6. The van der Waals surface area contributed by atoms with E-state index in [-0.39, 0.29) is 51.5 Å². The van der Waals surface area contributed by atoms with Crippen molar-refractivity contribution in [3.05, 3.63) is 59.7 Å². The summed E-state index contributed by atoms with van der Waals surface area (Å²) in [5.74, 6) is -1.73. The molecule has 0 saturated carbocycles. The number of carbonyl (C=O) groups is 2. The number of carbonyl (C=O) groups excluding carboxylic acids is 2. The number of piperidine rings is 1. The topological polar surface area (TPSA) is 179 Å². The van der Waals surface area contributed by atoms with Crippen molar-refractivity contribution in [1.82, 2.24) is 15.9 Å². The number of hydrogen-bond acceptors (Lipinski definition) is 10. The predicted molar refractivity (Wildman–Crippen MR) is 190 cm³/mol. The molecule has 49 heavy (non-hydrogen) atoms. The van der Waals surface area contributed by atoms with Gasteiger partial charge in [-0.2, -0.15) is 0 Å². The summed E-state index contributed by atoms with van der Waals surface area (Å²) in [4.78, 5) is 26.7. The van der Waals surface area contributed by atoms with Gasteiger partial charge in [0, 0.05) is 16.1 Å². The van der Waals surface area contributed by atoms with Gasteiger partial charge in [0.25, 0.3) is 11.8 Å². The number of rotatable bonds is 14. The Morgan fingerprint density at radius 3 is 1.41 bits per heavy atom. The van der Waals surface area contributed by atoms with Crippen molar-refractivity contribution in [3.63, 3.8) is 0 Å². The molecule has 2 aliphatic rings. The highest BCUT2D eigenvalue weighted by Gasteiger charge is 2.53. The van der Waals surface area contributed by atoms with Crippen LogP contribution in [0.4, 0.5) is 0 Å². The lowest BCUT2D eigenvalue weighted by Gasteiger charge is -2.38. The highest BCUT2D eigenvalue weighted by atomic mass is 32.2. The van der Waals surface area contributed by atoms with Crippen LogP contribution >= 0.6 is 0 Å². The second-order valence-electron chi connectivity index (χ2n) is 13.0. The summed E-state index contributed by atoms with van der Waals surface area (Å²) in [6.07, 6.45) is 8.90. The van der Waals surface area contributed by atoms with Crippen molar-refractivity contribution >= 4 is 31.5 Å². The molecule has 0 spiro atoms. The highest BCUT2D eigenvalue weighted by Crippen LogP contribution is 2.37. The van der Waals surface area contributed by atoms with Crippen molar-refractivity contribution < 1.29 is 44.4 Å². The molecule has 4 rings (SSSR count). The van der Waals surface area contributed by atoms with Crippen LogP contribution in [0, 0.1) is 0 Å². The fourth-order valence-electron chi connectivity index (χ4n) is 6.40. The molecule has 0 aromatic heterocycles. The van der Waals surface area contributed by atoms with Crippen LogP contribution in [0.15, 0.2) is 58.3 Å². The summed E-state index contributed by atoms with van der Waals surface area (Å²) in [5, 5.41) is 18.1. The van der Waals surface area contributed by atoms with Gasteiger partial charge in [-0.1, -0.05) is 63.8 Å². The van der Waals surface area contributed by atoms with Gasteiger partial charge < -0.3 is 9.64 Å². The first-order valence-corrected chi connectivity index (χ1v) is 20.1. The second-order valence-corrected chi connectivity index (χ2v) is 17.5. The fourth-order valence-corrected chi connectivity index (χ4v) is 10.3. The minimum Gasteiger partial charge on any atom is -0.381 e. The summed E-state index contributed by atoms with van der Waals surface area (Å²) in [5.41, 5.74) is 5.27. The molecule has 2 aliphatic heterocycles. The average molecular weight is 728 g/mol.